The van der Waals surface area contributed by atoms with Gasteiger partial charge < -0.3 is 33.2 Å². The lowest BCUT2D eigenvalue weighted by molar-refractivity contribution is -0.0207. The summed E-state index contributed by atoms with van der Waals surface area (Å²) in [4.78, 5) is 0. The van der Waals surface area contributed by atoms with Crippen molar-refractivity contribution in [3.05, 3.63) is 21.7 Å². The minimum Gasteiger partial charge on any atom is -0.464 e. The Kier molecular flexibility index (Phi) is 9.05. The standard InChI is InChI=1S/C16H22Cl2O7/c1-19-3-5-21-9-24-12-7-11(13-8-23-13)14(17)15(18)16(12)25-10-22-6-4-20-2/h7,13H,3-6,8-10H2,1-2H3. The van der Waals surface area contributed by atoms with Crippen LogP contribution in [0.5, 0.6) is 11.5 Å². The van der Waals surface area contributed by atoms with Gasteiger partial charge in [0.05, 0.1) is 38.1 Å². The van der Waals surface area contributed by atoms with Crippen LogP contribution in [0.2, 0.25) is 10.0 Å². The largest absolute Gasteiger partial charge is 0.464 e. The molecule has 1 heterocycles. The van der Waals surface area contributed by atoms with Gasteiger partial charge >= 0.3 is 0 Å². The first-order valence-electron chi connectivity index (χ1n) is 7.71. The number of methoxy groups -OCH3 is 2. The highest BCUT2D eigenvalue weighted by molar-refractivity contribution is 6.43. The lowest BCUT2D eigenvalue weighted by Gasteiger charge is -2.17. The van der Waals surface area contributed by atoms with E-state index in [1.165, 1.54) is 0 Å². The van der Waals surface area contributed by atoms with Gasteiger partial charge in [0.15, 0.2) is 25.1 Å². The summed E-state index contributed by atoms with van der Waals surface area (Å²) in [6.45, 7) is 2.35. The molecule has 1 fully saturated rings. The Bertz CT molecular complexity index is 538. The Balaban J connectivity index is 2.03. The first kappa shape index (κ1) is 20.5. The molecule has 1 unspecified atom stereocenters. The van der Waals surface area contributed by atoms with Gasteiger partial charge in [0.25, 0.3) is 0 Å². The van der Waals surface area contributed by atoms with Gasteiger partial charge in [-0.2, -0.15) is 0 Å². The first-order valence-corrected chi connectivity index (χ1v) is 8.47. The molecule has 1 aromatic rings. The van der Waals surface area contributed by atoms with Gasteiger partial charge in [-0.3, -0.25) is 0 Å². The van der Waals surface area contributed by atoms with Crippen LogP contribution in [-0.4, -0.2) is 60.8 Å². The van der Waals surface area contributed by atoms with Crippen molar-refractivity contribution in [1.29, 1.82) is 0 Å². The van der Waals surface area contributed by atoms with E-state index in [0.29, 0.717) is 49.6 Å². The number of benzene rings is 1. The molecular formula is C16H22Cl2O7. The molecule has 7 nitrogen and oxygen atoms in total. The van der Waals surface area contributed by atoms with Gasteiger partial charge in [-0.05, 0) is 6.07 Å². The van der Waals surface area contributed by atoms with E-state index in [1.54, 1.807) is 20.3 Å². The van der Waals surface area contributed by atoms with Gasteiger partial charge in [0, 0.05) is 19.8 Å². The Morgan fingerprint density at radius 3 is 2.12 bits per heavy atom. The molecule has 0 N–H and O–H groups in total. The second-order valence-corrected chi connectivity index (χ2v) is 5.83. The quantitative estimate of drug-likeness (QED) is 0.288. The SMILES string of the molecule is COCCOCOc1cc(C2CO2)c(Cl)c(Cl)c1OCOCCOC. The second-order valence-electron chi connectivity index (χ2n) is 5.07. The maximum atomic E-state index is 6.34. The van der Waals surface area contributed by atoms with E-state index in [4.69, 9.17) is 56.4 Å². The van der Waals surface area contributed by atoms with E-state index in [-0.39, 0.29) is 24.7 Å². The molecule has 142 valence electrons. The van der Waals surface area contributed by atoms with E-state index in [1.807, 2.05) is 0 Å². The van der Waals surface area contributed by atoms with Crippen LogP contribution >= 0.6 is 23.2 Å². The third-order valence-electron chi connectivity index (χ3n) is 3.28. The van der Waals surface area contributed by atoms with E-state index in [0.717, 1.165) is 5.56 Å². The summed E-state index contributed by atoms with van der Waals surface area (Å²) >= 11 is 12.7. The van der Waals surface area contributed by atoms with E-state index < -0.39 is 0 Å². The molecule has 0 spiro atoms. The molecule has 1 saturated heterocycles. The lowest BCUT2D eigenvalue weighted by Crippen LogP contribution is -2.11. The van der Waals surface area contributed by atoms with Crippen molar-refractivity contribution >= 4 is 23.2 Å². The smallest absolute Gasteiger partial charge is 0.189 e. The molecular weight excluding hydrogens is 375 g/mol. The average Bonchev–Trinajstić information content (AvgIpc) is 3.44. The van der Waals surface area contributed by atoms with Gasteiger partial charge in [-0.1, -0.05) is 23.2 Å². The van der Waals surface area contributed by atoms with Crippen molar-refractivity contribution < 1.29 is 33.2 Å². The molecule has 1 atom stereocenters. The Hall–Kier alpha value is -0.800. The molecule has 0 aromatic heterocycles. The van der Waals surface area contributed by atoms with Crippen molar-refractivity contribution in [3.63, 3.8) is 0 Å². The highest BCUT2D eigenvalue weighted by Gasteiger charge is 2.31. The predicted molar refractivity (Wildman–Crippen MR) is 91.8 cm³/mol. The molecule has 1 aliphatic rings. The highest BCUT2D eigenvalue weighted by Crippen LogP contribution is 2.47. The van der Waals surface area contributed by atoms with Crippen LogP contribution in [0.3, 0.4) is 0 Å². The van der Waals surface area contributed by atoms with Crippen molar-refractivity contribution in [1.82, 2.24) is 0 Å². The fourth-order valence-electron chi connectivity index (χ4n) is 1.92. The third kappa shape index (κ3) is 6.45. The Labute approximate surface area is 156 Å². The summed E-state index contributed by atoms with van der Waals surface area (Å²) in [7, 11) is 3.19. The lowest BCUT2D eigenvalue weighted by atomic mass is 10.1. The van der Waals surface area contributed by atoms with Crippen molar-refractivity contribution in [2.24, 2.45) is 0 Å². The van der Waals surface area contributed by atoms with E-state index in [9.17, 15) is 0 Å². The fraction of sp³-hybridized carbons (Fsp3) is 0.625. The van der Waals surface area contributed by atoms with Gasteiger partial charge in [0.1, 0.15) is 11.1 Å². The van der Waals surface area contributed by atoms with E-state index >= 15 is 0 Å². The highest BCUT2D eigenvalue weighted by atomic mass is 35.5. The molecule has 0 saturated carbocycles. The monoisotopic (exact) mass is 396 g/mol. The Morgan fingerprint density at radius 1 is 0.960 bits per heavy atom. The van der Waals surface area contributed by atoms with Gasteiger partial charge in [-0.15, -0.1) is 0 Å². The predicted octanol–water partition coefficient (Wildman–Crippen LogP) is 3.06. The Morgan fingerprint density at radius 2 is 1.56 bits per heavy atom. The van der Waals surface area contributed by atoms with Crippen molar-refractivity contribution in [2.75, 3.05) is 60.8 Å². The van der Waals surface area contributed by atoms with Crippen LogP contribution in [0.4, 0.5) is 0 Å². The molecule has 0 aliphatic carbocycles. The second kappa shape index (κ2) is 11.0. The van der Waals surface area contributed by atoms with Crippen LogP contribution < -0.4 is 9.47 Å². The van der Waals surface area contributed by atoms with Crippen LogP contribution in [0, 0.1) is 0 Å². The minimum atomic E-state index is -0.0752. The summed E-state index contributed by atoms with van der Waals surface area (Å²) in [5.74, 6) is 0.705. The van der Waals surface area contributed by atoms with Crippen LogP contribution in [0.25, 0.3) is 0 Å². The molecule has 2 rings (SSSR count). The summed E-state index contributed by atoms with van der Waals surface area (Å²) in [6, 6.07) is 1.75. The third-order valence-corrected chi connectivity index (χ3v) is 4.15. The zero-order valence-electron chi connectivity index (χ0n) is 14.2. The van der Waals surface area contributed by atoms with Gasteiger partial charge in [0.2, 0.25) is 0 Å². The normalized spacial score (nSPS) is 16.1. The van der Waals surface area contributed by atoms with E-state index in [2.05, 4.69) is 0 Å². The molecule has 25 heavy (non-hydrogen) atoms. The molecule has 1 aliphatic heterocycles. The topological polar surface area (TPSA) is 67.9 Å². The number of ether oxygens (including phenoxy) is 7. The first-order chi connectivity index (χ1) is 12.2. The fourth-order valence-corrected chi connectivity index (χ4v) is 2.44. The average molecular weight is 397 g/mol. The van der Waals surface area contributed by atoms with Gasteiger partial charge in [-0.25, -0.2) is 0 Å². The van der Waals surface area contributed by atoms with Crippen molar-refractivity contribution in [2.45, 2.75) is 6.10 Å². The number of halogens is 2. The maximum Gasteiger partial charge on any atom is 0.189 e. The zero-order chi connectivity index (χ0) is 18.1. The number of hydrogen-bond donors (Lipinski definition) is 0. The summed E-state index contributed by atoms with van der Waals surface area (Å²) < 4.78 is 36.9. The number of rotatable bonds is 13. The van der Waals surface area contributed by atoms with Crippen LogP contribution in [0.1, 0.15) is 11.7 Å². The molecule has 0 radical (unpaired) electrons. The summed E-state index contributed by atoms with van der Waals surface area (Å²) in [5.41, 5.74) is 0.756. The van der Waals surface area contributed by atoms with Crippen molar-refractivity contribution in [3.8, 4) is 11.5 Å². The molecule has 0 bridgehead atoms. The minimum absolute atomic E-state index is 0.0143. The summed E-state index contributed by atoms with van der Waals surface area (Å²) in [6.07, 6.45) is -0.0752. The maximum absolute atomic E-state index is 6.34. The molecule has 1 aromatic carbocycles. The van der Waals surface area contributed by atoms with Crippen LogP contribution in [0.15, 0.2) is 6.07 Å². The van der Waals surface area contributed by atoms with Crippen LogP contribution in [-0.2, 0) is 23.7 Å². The molecule has 9 heteroatoms. The zero-order valence-corrected chi connectivity index (χ0v) is 15.7. The number of epoxide rings is 1. The summed E-state index contributed by atoms with van der Waals surface area (Å²) in [5, 5.41) is 0.626. The number of hydrogen-bond acceptors (Lipinski definition) is 7. The molecule has 0 amide bonds.